The lowest BCUT2D eigenvalue weighted by Crippen LogP contribution is -2.44. The standard InChI is InChI=1S/C14H15F5N2O3/c1-20(2)11(22)7-21(8-14(17,18)19)12(23)9-3-5-10(6-4-9)24-13(15)16/h3-6,13H,7-8H2,1-2H3. The first-order valence-electron chi connectivity index (χ1n) is 6.60. The van der Waals surface area contributed by atoms with Gasteiger partial charge in [-0.15, -0.1) is 0 Å². The van der Waals surface area contributed by atoms with E-state index in [9.17, 15) is 31.5 Å². The molecule has 0 spiro atoms. The smallest absolute Gasteiger partial charge is 0.406 e. The van der Waals surface area contributed by atoms with Gasteiger partial charge in [-0.05, 0) is 24.3 Å². The summed E-state index contributed by atoms with van der Waals surface area (Å²) in [6.07, 6.45) is -4.69. The van der Waals surface area contributed by atoms with E-state index < -0.39 is 37.7 Å². The van der Waals surface area contributed by atoms with E-state index in [0.717, 1.165) is 29.2 Å². The molecule has 0 saturated carbocycles. The van der Waals surface area contributed by atoms with Crippen LogP contribution in [0, 0.1) is 0 Å². The van der Waals surface area contributed by atoms with Gasteiger partial charge >= 0.3 is 12.8 Å². The summed E-state index contributed by atoms with van der Waals surface area (Å²) in [4.78, 5) is 25.2. The van der Waals surface area contributed by atoms with E-state index >= 15 is 0 Å². The zero-order chi connectivity index (χ0) is 18.5. The van der Waals surface area contributed by atoms with Gasteiger partial charge in [0.25, 0.3) is 5.91 Å². The average Bonchev–Trinajstić information content (AvgIpc) is 2.44. The zero-order valence-electron chi connectivity index (χ0n) is 12.8. The van der Waals surface area contributed by atoms with Gasteiger partial charge in [-0.25, -0.2) is 0 Å². The molecule has 134 valence electrons. The summed E-state index contributed by atoms with van der Waals surface area (Å²) < 4.78 is 66.0. The van der Waals surface area contributed by atoms with Crippen molar-refractivity contribution in [3.63, 3.8) is 0 Å². The van der Waals surface area contributed by atoms with Gasteiger partial charge in [0, 0.05) is 19.7 Å². The van der Waals surface area contributed by atoms with Crippen LogP contribution in [-0.4, -0.2) is 61.6 Å². The summed E-state index contributed by atoms with van der Waals surface area (Å²) in [6, 6.07) is 4.14. The molecular weight excluding hydrogens is 339 g/mol. The lowest BCUT2D eigenvalue weighted by Gasteiger charge is -2.25. The molecule has 0 aliphatic rings. The summed E-state index contributed by atoms with van der Waals surface area (Å²) in [5.74, 6) is -1.98. The minimum absolute atomic E-state index is 0.188. The topological polar surface area (TPSA) is 49.9 Å². The Morgan fingerprint density at radius 2 is 1.67 bits per heavy atom. The predicted molar refractivity (Wildman–Crippen MR) is 73.7 cm³/mol. The van der Waals surface area contributed by atoms with Crippen LogP contribution in [0.2, 0.25) is 0 Å². The maximum absolute atomic E-state index is 12.6. The first kappa shape index (κ1) is 19.7. The van der Waals surface area contributed by atoms with E-state index in [1.54, 1.807) is 0 Å². The fourth-order valence-electron chi connectivity index (χ4n) is 1.68. The third-order valence-electron chi connectivity index (χ3n) is 2.81. The monoisotopic (exact) mass is 354 g/mol. The quantitative estimate of drug-likeness (QED) is 0.737. The number of ether oxygens (including phenoxy) is 1. The van der Waals surface area contributed by atoms with Crippen LogP contribution in [0.3, 0.4) is 0 Å². The highest BCUT2D eigenvalue weighted by atomic mass is 19.4. The highest BCUT2D eigenvalue weighted by Crippen LogP contribution is 2.20. The van der Waals surface area contributed by atoms with Crippen molar-refractivity contribution in [2.75, 3.05) is 27.2 Å². The lowest BCUT2D eigenvalue weighted by molar-refractivity contribution is -0.146. The number of hydrogen-bond donors (Lipinski definition) is 0. The number of rotatable bonds is 6. The van der Waals surface area contributed by atoms with Crippen LogP contribution in [0.1, 0.15) is 10.4 Å². The Balaban J connectivity index is 2.95. The minimum Gasteiger partial charge on any atom is -0.435 e. The van der Waals surface area contributed by atoms with Crippen molar-refractivity contribution < 1.29 is 36.3 Å². The predicted octanol–water partition coefficient (Wildman–Crippen LogP) is 2.38. The molecular formula is C14H15F5N2O3. The fourth-order valence-corrected chi connectivity index (χ4v) is 1.68. The first-order chi connectivity index (χ1) is 11.0. The number of carbonyl (C=O) groups excluding carboxylic acids is 2. The van der Waals surface area contributed by atoms with Crippen LogP contribution in [0.25, 0.3) is 0 Å². The Bertz CT molecular complexity index is 573. The summed E-state index contributed by atoms with van der Waals surface area (Å²) in [7, 11) is 2.68. The Labute approximate surface area is 134 Å². The molecule has 1 rings (SSSR count). The minimum atomic E-state index is -4.69. The van der Waals surface area contributed by atoms with Gasteiger partial charge in [-0.1, -0.05) is 0 Å². The molecule has 0 atom stereocenters. The Morgan fingerprint density at radius 3 is 2.08 bits per heavy atom. The average molecular weight is 354 g/mol. The van der Waals surface area contributed by atoms with Crippen LogP contribution in [0.5, 0.6) is 5.75 Å². The Hall–Kier alpha value is -2.39. The van der Waals surface area contributed by atoms with Crippen molar-refractivity contribution in [2.45, 2.75) is 12.8 Å². The molecule has 0 heterocycles. The molecule has 0 radical (unpaired) electrons. The number of nitrogens with zero attached hydrogens (tertiary/aromatic N) is 2. The lowest BCUT2D eigenvalue weighted by atomic mass is 10.2. The molecule has 24 heavy (non-hydrogen) atoms. The van der Waals surface area contributed by atoms with Crippen LogP contribution >= 0.6 is 0 Å². The number of halogens is 5. The number of alkyl halides is 5. The number of hydrogen-bond acceptors (Lipinski definition) is 3. The van der Waals surface area contributed by atoms with Gasteiger partial charge in [0.1, 0.15) is 18.8 Å². The molecule has 1 aromatic rings. The first-order valence-corrected chi connectivity index (χ1v) is 6.60. The van der Waals surface area contributed by atoms with E-state index in [4.69, 9.17) is 0 Å². The van der Waals surface area contributed by atoms with Crippen molar-refractivity contribution in [3.05, 3.63) is 29.8 Å². The van der Waals surface area contributed by atoms with Gasteiger partial charge in [0.2, 0.25) is 5.91 Å². The third-order valence-corrected chi connectivity index (χ3v) is 2.81. The third kappa shape index (κ3) is 6.39. The molecule has 2 amide bonds. The molecule has 0 aliphatic carbocycles. The number of likely N-dealkylation sites (N-methyl/N-ethyl adjacent to an activating group) is 1. The van der Waals surface area contributed by atoms with Crippen molar-refractivity contribution in [1.82, 2.24) is 9.80 Å². The van der Waals surface area contributed by atoms with E-state index in [2.05, 4.69) is 4.74 Å². The molecule has 1 aromatic carbocycles. The summed E-state index contributed by atoms with van der Waals surface area (Å²) >= 11 is 0. The van der Waals surface area contributed by atoms with E-state index in [1.165, 1.54) is 14.1 Å². The second-order valence-corrected chi connectivity index (χ2v) is 4.97. The van der Waals surface area contributed by atoms with Crippen LogP contribution in [-0.2, 0) is 4.79 Å². The van der Waals surface area contributed by atoms with Crippen LogP contribution < -0.4 is 4.74 Å². The second kappa shape index (κ2) is 7.93. The van der Waals surface area contributed by atoms with Gasteiger partial charge in [-0.2, -0.15) is 22.0 Å². The van der Waals surface area contributed by atoms with Gasteiger partial charge in [-0.3, -0.25) is 9.59 Å². The van der Waals surface area contributed by atoms with E-state index in [0.29, 0.717) is 4.90 Å². The van der Waals surface area contributed by atoms with Crippen molar-refractivity contribution in [3.8, 4) is 5.75 Å². The molecule has 0 N–H and O–H groups in total. The summed E-state index contributed by atoms with van der Waals surface area (Å²) in [6.45, 7) is -5.44. The molecule has 0 saturated heterocycles. The molecule has 5 nitrogen and oxygen atoms in total. The molecule has 0 fully saturated rings. The van der Waals surface area contributed by atoms with Crippen LogP contribution in [0.4, 0.5) is 22.0 Å². The number of carbonyl (C=O) groups is 2. The molecule has 0 aliphatic heterocycles. The fraction of sp³-hybridized carbons (Fsp3) is 0.429. The number of benzene rings is 1. The second-order valence-electron chi connectivity index (χ2n) is 4.97. The van der Waals surface area contributed by atoms with Crippen LogP contribution in [0.15, 0.2) is 24.3 Å². The van der Waals surface area contributed by atoms with Gasteiger partial charge in [0.05, 0.1) is 0 Å². The largest absolute Gasteiger partial charge is 0.435 e. The molecule has 0 aromatic heterocycles. The Morgan fingerprint density at radius 1 is 1.12 bits per heavy atom. The zero-order valence-corrected chi connectivity index (χ0v) is 12.8. The normalized spacial score (nSPS) is 11.3. The van der Waals surface area contributed by atoms with Gasteiger partial charge in [0.15, 0.2) is 0 Å². The van der Waals surface area contributed by atoms with Crippen molar-refractivity contribution in [1.29, 1.82) is 0 Å². The molecule has 0 bridgehead atoms. The maximum atomic E-state index is 12.6. The van der Waals surface area contributed by atoms with E-state index in [-0.39, 0.29) is 11.3 Å². The highest BCUT2D eigenvalue weighted by Gasteiger charge is 2.34. The summed E-state index contributed by atoms with van der Waals surface area (Å²) in [5.41, 5.74) is -0.188. The van der Waals surface area contributed by atoms with Gasteiger partial charge < -0.3 is 14.5 Å². The Kier molecular flexibility index (Phi) is 6.50. The highest BCUT2D eigenvalue weighted by molar-refractivity contribution is 5.96. The molecule has 10 heteroatoms. The maximum Gasteiger partial charge on any atom is 0.406 e. The summed E-state index contributed by atoms with van der Waals surface area (Å²) in [5, 5.41) is 0. The SMILES string of the molecule is CN(C)C(=O)CN(CC(F)(F)F)C(=O)c1ccc(OC(F)F)cc1. The van der Waals surface area contributed by atoms with E-state index in [1.807, 2.05) is 0 Å². The van der Waals surface area contributed by atoms with Crippen molar-refractivity contribution in [2.24, 2.45) is 0 Å². The number of amides is 2. The van der Waals surface area contributed by atoms with Crippen molar-refractivity contribution >= 4 is 11.8 Å². The molecule has 0 unspecified atom stereocenters.